The third kappa shape index (κ3) is 4.27. The van der Waals surface area contributed by atoms with E-state index in [2.05, 4.69) is 6.92 Å². The molecule has 0 unspecified atom stereocenters. The Kier molecular flexibility index (Phi) is 6.33. The molecule has 0 bridgehead atoms. The molecule has 0 aliphatic carbocycles. The van der Waals surface area contributed by atoms with Gasteiger partial charge in [0.25, 0.3) is 0 Å². The first-order valence-electron chi connectivity index (χ1n) is 9.50. The van der Waals surface area contributed by atoms with Crippen molar-refractivity contribution in [2.24, 2.45) is 0 Å². The van der Waals surface area contributed by atoms with Gasteiger partial charge in [0.1, 0.15) is 18.3 Å². The van der Waals surface area contributed by atoms with Gasteiger partial charge in [-0.2, -0.15) is 0 Å². The number of hydrogen-bond donors (Lipinski definition) is 1. The molecule has 0 radical (unpaired) electrons. The Bertz CT molecular complexity index is 561. The van der Waals surface area contributed by atoms with Crippen LogP contribution >= 0.6 is 0 Å². The first-order chi connectivity index (χ1) is 12.4. The summed E-state index contributed by atoms with van der Waals surface area (Å²) in [4.78, 5) is 0. The Morgan fingerprint density at radius 2 is 1.88 bits per heavy atom. The molecule has 6 atom stereocenters. The summed E-state index contributed by atoms with van der Waals surface area (Å²) in [7, 11) is 6.13. The number of hydrogen-bond acceptors (Lipinski definition) is 5. The van der Waals surface area contributed by atoms with Crippen LogP contribution in [0.3, 0.4) is 0 Å². The number of aliphatic hydroxyl groups excluding tert-OH is 1. The van der Waals surface area contributed by atoms with E-state index in [1.165, 1.54) is 0 Å². The highest BCUT2D eigenvalue weighted by Gasteiger charge is 2.54. The van der Waals surface area contributed by atoms with Gasteiger partial charge in [-0.1, -0.05) is 43.7 Å². The summed E-state index contributed by atoms with van der Waals surface area (Å²) in [5.41, 5.74) is 0.946. The van der Waals surface area contributed by atoms with Crippen LogP contribution in [0.15, 0.2) is 30.3 Å². The lowest BCUT2D eigenvalue weighted by molar-refractivity contribution is -0.910. The molecule has 6 nitrogen and oxygen atoms in total. The van der Waals surface area contributed by atoms with E-state index in [4.69, 9.17) is 18.9 Å². The van der Waals surface area contributed by atoms with E-state index in [1.807, 2.05) is 51.5 Å². The molecule has 1 aromatic rings. The number of unbranched alkanes of at least 4 members (excludes halogenated alkanes) is 1. The van der Waals surface area contributed by atoms with Gasteiger partial charge in [-0.3, -0.25) is 0 Å². The Morgan fingerprint density at radius 3 is 2.54 bits per heavy atom. The molecule has 0 saturated carbocycles. The lowest BCUT2D eigenvalue weighted by Gasteiger charge is -2.51. The van der Waals surface area contributed by atoms with Crippen LogP contribution in [0.2, 0.25) is 0 Å². The molecule has 2 saturated heterocycles. The van der Waals surface area contributed by atoms with Gasteiger partial charge < -0.3 is 28.5 Å². The maximum atomic E-state index is 11.1. The van der Waals surface area contributed by atoms with Crippen molar-refractivity contribution in [3.63, 3.8) is 0 Å². The maximum Gasteiger partial charge on any atom is 0.213 e. The van der Waals surface area contributed by atoms with Gasteiger partial charge in [-0.15, -0.1) is 0 Å². The minimum atomic E-state index is -0.699. The standard InChI is InChI=1S/C20H32NO5/c1-5-6-12-23-20-16(21(2,3)4)17(22)18-15(25-20)13-24-19(26-18)14-10-8-7-9-11-14/h7-11,15-20,22H,5-6,12-13H2,1-4H3/q+1/t15-,16+,17+,18+,19-,20-/m1/s1. The zero-order valence-electron chi connectivity index (χ0n) is 16.2. The number of rotatable bonds is 6. The topological polar surface area (TPSA) is 57.2 Å². The number of quaternary nitrogens is 1. The number of nitrogens with zero attached hydrogens (tertiary/aromatic N) is 1. The fourth-order valence-electron chi connectivity index (χ4n) is 3.66. The fourth-order valence-corrected chi connectivity index (χ4v) is 3.66. The number of aliphatic hydroxyl groups is 1. The molecule has 2 fully saturated rings. The van der Waals surface area contributed by atoms with Crippen LogP contribution < -0.4 is 0 Å². The van der Waals surface area contributed by atoms with Crippen LogP contribution in [0.4, 0.5) is 0 Å². The van der Waals surface area contributed by atoms with Crippen LogP contribution in [0.1, 0.15) is 31.6 Å². The molecule has 0 spiro atoms. The summed E-state index contributed by atoms with van der Waals surface area (Å²) in [5.74, 6) is 0. The summed E-state index contributed by atoms with van der Waals surface area (Å²) in [6.45, 7) is 3.12. The molecular formula is C20H32NO5+. The predicted octanol–water partition coefficient (Wildman–Crippen LogP) is 2.08. The second kappa shape index (κ2) is 8.33. The molecule has 3 rings (SSSR count). The number of ether oxygens (including phenoxy) is 4. The Balaban J connectivity index is 1.75. The number of likely N-dealkylation sites (N-methyl/N-ethyl adjacent to an activating group) is 1. The molecule has 146 valence electrons. The smallest absolute Gasteiger partial charge is 0.213 e. The molecule has 0 amide bonds. The predicted molar refractivity (Wildman–Crippen MR) is 97.4 cm³/mol. The van der Waals surface area contributed by atoms with Crippen molar-refractivity contribution in [3.8, 4) is 0 Å². The monoisotopic (exact) mass is 366 g/mol. The van der Waals surface area contributed by atoms with Gasteiger partial charge in [-0.25, -0.2) is 0 Å². The van der Waals surface area contributed by atoms with E-state index >= 15 is 0 Å². The normalized spacial score (nSPS) is 35.1. The molecule has 2 heterocycles. The Labute approximate surface area is 156 Å². The van der Waals surface area contributed by atoms with Crippen molar-refractivity contribution >= 4 is 0 Å². The average molecular weight is 366 g/mol. The van der Waals surface area contributed by atoms with Crippen molar-refractivity contribution < 1.29 is 28.5 Å². The molecule has 2 aliphatic heterocycles. The summed E-state index contributed by atoms with van der Waals surface area (Å²) >= 11 is 0. The van der Waals surface area contributed by atoms with Gasteiger partial charge in [0, 0.05) is 12.2 Å². The maximum absolute atomic E-state index is 11.1. The zero-order valence-corrected chi connectivity index (χ0v) is 16.2. The molecule has 2 aliphatic rings. The van der Waals surface area contributed by atoms with E-state index in [1.54, 1.807) is 0 Å². The molecular weight excluding hydrogens is 334 g/mol. The lowest BCUT2D eigenvalue weighted by atomic mass is 9.94. The molecule has 1 N–H and O–H groups in total. The van der Waals surface area contributed by atoms with Crippen molar-refractivity contribution in [3.05, 3.63) is 35.9 Å². The van der Waals surface area contributed by atoms with Crippen LogP contribution in [-0.4, -0.2) is 74.6 Å². The summed E-state index contributed by atoms with van der Waals surface area (Å²) < 4.78 is 24.7. The summed E-state index contributed by atoms with van der Waals surface area (Å²) in [5, 5.41) is 11.1. The largest absolute Gasteiger partial charge is 0.384 e. The molecule has 6 heteroatoms. The van der Waals surface area contributed by atoms with Crippen LogP contribution in [0, 0.1) is 0 Å². The van der Waals surface area contributed by atoms with Crippen molar-refractivity contribution in [2.45, 2.75) is 56.7 Å². The lowest BCUT2D eigenvalue weighted by Crippen LogP contribution is -2.69. The second-order valence-corrected chi connectivity index (χ2v) is 8.04. The van der Waals surface area contributed by atoms with Gasteiger partial charge in [0.05, 0.1) is 27.7 Å². The second-order valence-electron chi connectivity index (χ2n) is 8.04. The van der Waals surface area contributed by atoms with E-state index in [9.17, 15) is 5.11 Å². The Morgan fingerprint density at radius 1 is 1.15 bits per heavy atom. The van der Waals surface area contributed by atoms with E-state index < -0.39 is 24.8 Å². The number of fused-ring (bicyclic) bond motifs is 1. The number of benzene rings is 1. The molecule has 26 heavy (non-hydrogen) atoms. The van der Waals surface area contributed by atoms with Crippen LogP contribution in [0.5, 0.6) is 0 Å². The first-order valence-corrected chi connectivity index (χ1v) is 9.50. The summed E-state index contributed by atoms with van der Waals surface area (Å²) in [6.07, 6.45) is -0.407. The van der Waals surface area contributed by atoms with Crippen molar-refractivity contribution in [2.75, 3.05) is 34.4 Å². The minimum Gasteiger partial charge on any atom is -0.384 e. The van der Waals surface area contributed by atoms with Gasteiger partial charge in [0.15, 0.2) is 12.3 Å². The zero-order chi connectivity index (χ0) is 18.7. The summed E-state index contributed by atoms with van der Waals surface area (Å²) in [6, 6.07) is 9.56. The first kappa shape index (κ1) is 19.7. The van der Waals surface area contributed by atoms with Gasteiger partial charge in [-0.05, 0) is 6.42 Å². The minimum absolute atomic E-state index is 0.234. The molecule has 0 aromatic heterocycles. The SMILES string of the molecule is CCCCO[C@@H]1O[C@@H]2CO[C@@H](c3ccccc3)O[C@@H]2[C@@H](O)[C@@H]1[N+](C)(C)C. The average Bonchev–Trinajstić information content (AvgIpc) is 2.61. The highest BCUT2D eigenvalue weighted by atomic mass is 16.7. The van der Waals surface area contributed by atoms with Crippen molar-refractivity contribution in [1.29, 1.82) is 0 Å². The third-order valence-electron chi connectivity index (χ3n) is 5.08. The highest BCUT2D eigenvalue weighted by Crippen LogP contribution is 2.36. The van der Waals surface area contributed by atoms with Gasteiger partial charge >= 0.3 is 0 Å². The fraction of sp³-hybridized carbons (Fsp3) is 0.700. The van der Waals surface area contributed by atoms with E-state index in [-0.39, 0.29) is 12.1 Å². The van der Waals surface area contributed by atoms with Crippen LogP contribution in [0.25, 0.3) is 0 Å². The van der Waals surface area contributed by atoms with Crippen molar-refractivity contribution in [1.82, 2.24) is 0 Å². The molecule has 1 aromatic carbocycles. The van der Waals surface area contributed by atoms with Gasteiger partial charge in [0.2, 0.25) is 6.29 Å². The third-order valence-corrected chi connectivity index (χ3v) is 5.08. The van der Waals surface area contributed by atoms with Crippen LogP contribution in [-0.2, 0) is 18.9 Å². The van der Waals surface area contributed by atoms with E-state index in [0.717, 1.165) is 18.4 Å². The quantitative estimate of drug-likeness (QED) is 0.617. The van der Waals surface area contributed by atoms with E-state index in [0.29, 0.717) is 17.7 Å². The highest BCUT2D eigenvalue weighted by molar-refractivity contribution is 5.16. The Hall–Kier alpha value is -1.02.